The van der Waals surface area contributed by atoms with Gasteiger partial charge in [0.25, 0.3) is 6.71 Å². The summed E-state index contributed by atoms with van der Waals surface area (Å²) in [7, 11) is 0. The molecule has 0 N–H and O–H groups in total. The Morgan fingerprint density at radius 3 is 1.59 bits per heavy atom. The van der Waals surface area contributed by atoms with Crippen LogP contribution < -0.4 is 26.2 Å². The predicted molar refractivity (Wildman–Crippen MR) is 353 cm³/mol. The van der Waals surface area contributed by atoms with E-state index < -0.39 is 0 Å². The maximum Gasteiger partial charge on any atom is 0.338 e. The zero-order valence-corrected chi connectivity index (χ0v) is 46.7. The van der Waals surface area contributed by atoms with Crippen molar-refractivity contribution in [1.29, 1.82) is 0 Å². The first-order valence-electron chi connectivity index (χ1n) is 29.1. The van der Waals surface area contributed by atoms with Crippen molar-refractivity contribution in [1.82, 2.24) is 14.5 Å². The maximum absolute atomic E-state index is 13.8. The standard InChI is InChI=1S/C78H52BN5O2/c85-78(86-51-52-22-6-1-7-23-52)58-43-46-71-64(49-58)62-32-16-19-35-69(62)84(71)70-45-42-57(68-50-67(55-24-8-2-9-25-55)80-77(81-68)56-26-10-3-11-27-56)48-63(70)54-40-38-53(39-41-54)61-44-47-74-75-76(61)83(60-30-14-5-15-31-60)73-37-21-18-34-66(73)79(75)65-33-17-20-36-72(65)82(74)59-28-12-4-13-29-59/h1-50H,51H2. The maximum atomic E-state index is 13.8. The third-order valence-electron chi connectivity index (χ3n) is 16.9. The van der Waals surface area contributed by atoms with Crippen LogP contribution in [-0.4, -0.2) is 27.2 Å². The quantitative estimate of drug-likeness (QED) is 0.0950. The summed E-state index contributed by atoms with van der Waals surface area (Å²) >= 11 is 0. The van der Waals surface area contributed by atoms with Crippen LogP contribution in [0.4, 0.5) is 34.1 Å². The number of rotatable bonds is 11. The van der Waals surface area contributed by atoms with Gasteiger partial charge in [0.2, 0.25) is 0 Å². The number of para-hydroxylation sites is 5. The third-order valence-corrected chi connectivity index (χ3v) is 16.9. The molecule has 0 radical (unpaired) electrons. The fraction of sp³-hybridized carbons (Fsp3) is 0.0128. The van der Waals surface area contributed by atoms with E-state index in [2.05, 4.69) is 239 Å². The van der Waals surface area contributed by atoms with E-state index >= 15 is 0 Å². The van der Waals surface area contributed by atoms with Crippen molar-refractivity contribution < 1.29 is 9.53 Å². The number of esters is 1. The molecule has 14 aromatic rings. The second-order valence-corrected chi connectivity index (χ2v) is 21.9. The van der Waals surface area contributed by atoms with Gasteiger partial charge < -0.3 is 19.1 Å². The van der Waals surface area contributed by atoms with Gasteiger partial charge in [0.05, 0.1) is 39.4 Å². The monoisotopic (exact) mass is 1100 g/mol. The van der Waals surface area contributed by atoms with Gasteiger partial charge in [-0.1, -0.05) is 218 Å². The highest BCUT2D eigenvalue weighted by molar-refractivity contribution is 7.00. The van der Waals surface area contributed by atoms with Crippen molar-refractivity contribution in [2.75, 3.05) is 9.80 Å². The van der Waals surface area contributed by atoms with E-state index in [-0.39, 0.29) is 19.3 Å². The molecule has 0 saturated carbocycles. The van der Waals surface area contributed by atoms with Gasteiger partial charge >= 0.3 is 5.97 Å². The Kier molecular flexibility index (Phi) is 12.4. The second kappa shape index (κ2) is 21.1. The Labute approximate surface area is 499 Å². The smallest absolute Gasteiger partial charge is 0.338 e. The van der Waals surface area contributed by atoms with Crippen LogP contribution in [0.2, 0.25) is 0 Å². The number of ether oxygens (including phenoxy) is 1. The first-order chi connectivity index (χ1) is 42.6. The van der Waals surface area contributed by atoms with E-state index in [1.165, 1.54) is 22.1 Å². The summed E-state index contributed by atoms with van der Waals surface area (Å²) in [6.45, 7) is 0.167. The summed E-state index contributed by atoms with van der Waals surface area (Å²) in [4.78, 5) is 29.2. The van der Waals surface area contributed by atoms with Crippen LogP contribution in [0, 0.1) is 0 Å². The molecule has 404 valence electrons. The van der Waals surface area contributed by atoms with Gasteiger partial charge in [0.15, 0.2) is 5.82 Å². The van der Waals surface area contributed by atoms with E-state index in [0.717, 1.165) is 112 Å². The first-order valence-corrected chi connectivity index (χ1v) is 29.1. The molecule has 0 amide bonds. The Morgan fingerprint density at radius 1 is 0.384 bits per heavy atom. The molecule has 16 rings (SSSR count). The van der Waals surface area contributed by atoms with Gasteiger partial charge in [-0.25, -0.2) is 14.8 Å². The Hall–Kier alpha value is -11.3. The molecule has 2 aliphatic heterocycles. The number of nitrogens with zero attached hydrogens (tertiary/aromatic N) is 5. The molecule has 0 fully saturated rings. The minimum absolute atomic E-state index is 0.0225. The number of benzene rings is 12. The number of fused-ring (bicyclic) bond motifs is 7. The summed E-state index contributed by atoms with van der Waals surface area (Å²) in [6, 6.07) is 107. The van der Waals surface area contributed by atoms with Crippen LogP contribution in [-0.2, 0) is 11.3 Å². The van der Waals surface area contributed by atoms with Crippen LogP contribution in [0.5, 0.6) is 0 Å². The first kappa shape index (κ1) is 50.4. The van der Waals surface area contributed by atoms with E-state index in [9.17, 15) is 4.79 Å². The molecular weight excluding hydrogens is 1050 g/mol. The van der Waals surface area contributed by atoms with Crippen molar-refractivity contribution in [3.8, 4) is 61.8 Å². The average molecular weight is 1100 g/mol. The predicted octanol–water partition coefficient (Wildman–Crippen LogP) is 17.3. The summed E-state index contributed by atoms with van der Waals surface area (Å²) in [5.41, 5.74) is 23.8. The van der Waals surface area contributed by atoms with Gasteiger partial charge in [-0.2, -0.15) is 0 Å². The van der Waals surface area contributed by atoms with Crippen molar-refractivity contribution in [2.45, 2.75) is 6.61 Å². The van der Waals surface area contributed by atoms with Crippen molar-refractivity contribution in [2.24, 2.45) is 0 Å². The minimum Gasteiger partial charge on any atom is -0.457 e. The Bertz CT molecular complexity index is 4830. The molecule has 0 saturated heterocycles. The Morgan fingerprint density at radius 2 is 0.907 bits per heavy atom. The summed E-state index contributed by atoms with van der Waals surface area (Å²) in [6.07, 6.45) is 0. The highest BCUT2D eigenvalue weighted by Crippen LogP contribution is 2.48. The molecule has 2 aromatic heterocycles. The lowest BCUT2D eigenvalue weighted by Gasteiger charge is -2.45. The number of aromatic nitrogens is 3. The number of carbonyl (C=O) groups is 1. The van der Waals surface area contributed by atoms with Crippen LogP contribution in [0.1, 0.15) is 15.9 Å². The second-order valence-electron chi connectivity index (χ2n) is 21.9. The van der Waals surface area contributed by atoms with E-state index in [0.29, 0.717) is 11.4 Å². The summed E-state index contributed by atoms with van der Waals surface area (Å²) in [5.74, 6) is 0.279. The van der Waals surface area contributed by atoms with Crippen LogP contribution in [0.15, 0.2) is 303 Å². The molecule has 0 bridgehead atoms. The van der Waals surface area contributed by atoms with Crippen LogP contribution in [0.25, 0.3) is 83.6 Å². The molecule has 86 heavy (non-hydrogen) atoms. The fourth-order valence-electron chi connectivity index (χ4n) is 13.0. The van der Waals surface area contributed by atoms with Crippen molar-refractivity contribution >= 4 is 85.0 Å². The highest BCUT2D eigenvalue weighted by atomic mass is 16.5. The fourth-order valence-corrected chi connectivity index (χ4v) is 13.0. The molecule has 0 unspecified atom stereocenters. The largest absolute Gasteiger partial charge is 0.457 e. The normalized spacial score (nSPS) is 12.2. The van der Waals surface area contributed by atoms with Crippen LogP contribution in [0.3, 0.4) is 0 Å². The molecule has 8 heteroatoms. The topological polar surface area (TPSA) is 63.5 Å². The summed E-state index contributed by atoms with van der Waals surface area (Å²) < 4.78 is 8.22. The SMILES string of the molecule is O=C(OCc1ccccc1)c1ccc2c(c1)c1ccccc1n2-c1ccc(-c2cc(-c3ccccc3)nc(-c3ccccc3)n2)cc1-c1ccc(-c2ccc3c4c2N(c2ccccc2)c2ccccc2B4c2ccccc2N3c2ccccc2)cc1. The lowest BCUT2D eigenvalue weighted by molar-refractivity contribution is 0.0473. The molecule has 0 aliphatic carbocycles. The molecular formula is C78H52BN5O2. The zero-order chi connectivity index (χ0) is 57.1. The molecule has 0 spiro atoms. The third kappa shape index (κ3) is 8.65. The van der Waals surface area contributed by atoms with E-state index in [1.807, 2.05) is 78.9 Å². The van der Waals surface area contributed by atoms with E-state index in [4.69, 9.17) is 14.7 Å². The van der Waals surface area contributed by atoms with Gasteiger partial charge in [0.1, 0.15) is 6.61 Å². The lowest BCUT2D eigenvalue weighted by atomic mass is 9.33. The van der Waals surface area contributed by atoms with Crippen molar-refractivity contribution in [3.63, 3.8) is 0 Å². The molecule has 7 nitrogen and oxygen atoms in total. The highest BCUT2D eigenvalue weighted by Gasteiger charge is 2.44. The zero-order valence-electron chi connectivity index (χ0n) is 46.7. The minimum atomic E-state index is -0.370. The lowest BCUT2D eigenvalue weighted by Crippen LogP contribution is -2.61. The van der Waals surface area contributed by atoms with Crippen molar-refractivity contribution in [3.05, 3.63) is 314 Å². The van der Waals surface area contributed by atoms with Gasteiger partial charge in [-0.3, -0.25) is 0 Å². The number of hydrogen-bond acceptors (Lipinski definition) is 6. The van der Waals surface area contributed by atoms with Gasteiger partial charge in [-0.15, -0.1) is 0 Å². The Balaban J connectivity index is 0.892. The molecule has 2 aliphatic rings. The average Bonchev–Trinajstić information content (AvgIpc) is 1.14. The number of hydrogen-bond donors (Lipinski definition) is 0. The van der Waals surface area contributed by atoms with Crippen LogP contribution >= 0.6 is 0 Å². The molecule has 4 heterocycles. The number of anilines is 6. The number of carbonyl (C=O) groups excluding carboxylic acids is 1. The molecule has 0 atom stereocenters. The summed E-state index contributed by atoms with van der Waals surface area (Å²) in [5, 5.41) is 1.98. The molecule has 12 aromatic carbocycles. The van der Waals surface area contributed by atoms with Gasteiger partial charge in [-0.05, 0) is 118 Å². The van der Waals surface area contributed by atoms with E-state index in [1.54, 1.807) is 0 Å². The van der Waals surface area contributed by atoms with Gasteiger partial charge in [0, 0.05) is 67.0 Å².